The SMILES string of the molecule is C=CC(=O)Oc1nc(N)nc(CCN)n1. The summed E-state index contributed by atoms with van der Waals surface area (Å²) in [4.78, 5) is 22.1. The molecule has 1 rings (SSSR count). The van der Waals surface area contributed by atoms with Crippen molar-refractivity contribution in [1.82, 2.24) is 15.0 Å². The second kappa shape index (κ2) is 5.01. The molecule has 7 nitrogen and oxygen atoms in total. The van der Waals surface area contributed by atoms with Crippen molar-refractivity contribution in [2.75, 3.05) is 12.3 Å². The number of carbonyl (C=O) groups excluding carboxylic acids is 1. The Balaban J connectivity index is 2.87. The van der Waals surface area contributed by atoms with Crippen LogP contribution in [0.4, 0.5) is 5.95 Å². The van der Waals surface area contributed by atoms with E-state index in [0.29, 0.717) is 18.8 Å². The van der Waals surface area contributed by atoms with Gasteiger partial charge in [-0.2, -0.15) is 15.0 Å². The van der Waals surface area contributed by atoms with Gasteiger partial charge < -0.3 is 16.2 Å². The molecule has 0 aliphatic carbocycles. The zero-order chi connectivity index (χ0) is 11.3. The lowest BCUT2D eigenvalue weighted by molar-refractivity contribution is -0.129. The third-order valence-corrected chi connectivity index (χ3v) is 1.40. The molecule has 7 heteroatoms. The lowest BCUT2D eigenvalue weighted by atomic mass is 10.4. The molecule has 80 valence electrons. The van der Waals surface area contributed by atoms with Crippen LogP contribution in [0.25, 0.3) is 0 Å². The van der Waals surface area contributed by atoms with Crippen molar-refractivity contribution in [3.05, 3.63) is 18.5 Å². The largest absolute Gasteiger partial charge is 0.387 e. The predicted molar refractivity (Wildman–Crippen MR) is 52.8 cm³/mol. The number of aromatic nitrogens is 3. The van der Waals surface area contributed by atoms with E-state index in [1.807, 2.05) is 0 Å². The first-order valence-corrected chi connectivity index (χ1v) is 4.20. The van der Waals surface area contributed by atoms with E-state index < -0.39 is 5.97 Å². The number of nitrogen functional groups attached to an aromatic ring is 1. The van der Waals surface area contributed by atoms with Gasteiger partial charge in [-0.3, -0.25) is 0 Å². The van der Waals surface area contributed by atoms with Crippen molar-refractivity contribution >= 4 is 11.9 Å². The van der Waals surface area contributed by atoms with Gasteiger partial charge in [-0.15, -0.1) is 0 Å². The van der Waals surface area contributed by atoms with E-state index >= 15 is 0 Å². The van der Waals surface area contributed by atoms with Gasteiger partial charge in [0.25, 0.3) is 0 Å². The highest BCUT2D eigenvalue weighted by atomic mass is 16.5. The third kappa shape index (κ3) is 3.31. The molecule has 4 N–H and O–H groups in total. The van der Waals surface area contributed by atoms with Crippen molar-refractivity contribution in [3.63, 3.8) is 0 Å². The van der Waals surface area contributed by atoms with Crippen LogP contribution in [0, 0.1) is 0 Å². The molecule has 1 aromatic heterocycles. The van der Waals surface area contributed by atoms with Gasteiger partial charge in [-0.1, -0.05) is 6.58 Å². The molecule has 0 aliphatic heterocycles. The zero-order valence-corrected chi connectivity index (χ0v) is 8.01. The van der Waals surface area contributed by atoms with Gasteiger partial charge in [0, 0.05) is 12.5 Å². The second-order valence-corrected chi connectivity index (χ2v) is 2.56. The molecular formula is C8H11N5O2. The lowest BCUT2D eigenvalue weighted by Gasteiger charge is -2.02. The molecule has 0 fully saturated rings. The van der Waals surface area contributed by atoms with Crippen LogP contribution >= 0.6 is 0 Å². The molecule has 0 atom stereocenters. The first-order valence-electron chi connectivity index (χ1n) is 4.20. The fourth-order valence-corrected chi connectivity index (χ4v) is 0.834. The van der Waals surface area contributed by atoms with E-state index in [-0.39, 0.29) is 12.0 Å². The standard InChI is InChI=1S/C8H11N5O2/c1-2-6(14)15-8-12-5(3-4-9)11-7(10)13-8/h2H,1,3-4,9H2,(H2,10,11,12,13). The number of nitrogens with zero attached hydrogens (tertiary/aromatic N) is 3. The molecule has 1 heterocycles. The molecule has 0 unspecified atom stereocenters. The minimum absolute atomic E-state index is 0.0136. The Labute approximate surface area is 86.2 Å². The summed E-state index contributed by atoms with van der Waals surface area (Å²) < 4.78 is 4.69. The molecule has 0 spiro atoms. The maximum atomic E-state index is 10.9. The lowest BCUT2D eigenvalue weighted by Crippen LogP contribution is -2.13. The molecule has 0 bridgehead atoms. The van der Waals surface area contributed by atoms with Gasteiger partial charge in [-0.05, 0) is 6.54 Å². The number of ether oxygens (including phenoxy) is 1. The third-order valence-electron chi connectivity index (χ3n) is 1.40. The Kier molecular flexibility index (Phi) is 3.69. The minimum Gasteiger partial charge on any atom is -0.387 e. The Hall–Kier alpha value is -2.02. The number of anilines is 1. The van der Waals surface area contributed by atoms with Crippen LogP contribution in [-0.4, -0.2) is 27.5 Å². The predicted octanol–water partition coefficient (Wildman–Crippen LogP) is -0.954. The Morgan fingerprint density at radius 1 is 1.47 bits per heavy atom. The molecule has 15 heavy (non-hydrogen) atoms. The monoisotopic (exact) mass is 209 g/mol. The van der Waals surface area contributed by atoms with Gasteiger partial charge in [0.1, 0.15) is 5.82 Å². The number of hydrogen-bond donors (Lipinski definition) is 2. The summed E-state index contributed by atoms with van der Waals surface area (Å²) in [5, 5.41) is 0. The summed E-state index contributed by atoms with van der Waals surface area (Å²) >= 11 is 0. The van der Waals surface area contributed by atoms with Crippen LogP contribution in [0.1, 0.15) is 5.82 Å². The average molecular weight is 209 g/mol. The molecule has 0 aromatic carbocycles. The molecule has 0 radical (unpaired) electrons. The van der Waals surface area contributed by atoms with Crippen molar-refractivity contribution in [3.8, 4) is 6.01 Å². The average Bonchev–Trinajstić information content (AvgIpc) is 2.17. The van der Waals surface area contributed by atoms with E-state index in [1.165, 1.54) is 0 Å². The van der Waals surface area contributed by atoms with Gasteiger partial charge in [0.2, 0.25) is 5.95 Å². The van der Waals surface area contributed by atoms with Crippen LogP contribution in [0.15, 0.2) is 12.7 Å². The zero-order valence-electron chi connectivity index (χ0n) is 8.01. The molecular weight excluding hydrogens is 198 g/mol. The highest BCUT2D eigenvalue weighted by Gasteiger charge is 2.07. The van der Waals surface area contributed by atoms with Crippen molar-refractivity contribution in [1.29, 1.82) is 0 Å². The number of hydrogen-bond acceptors (Lipinski definition) is 7. The number of esters is 1. The minimum atomic E-state index is -0.653. The molecule has 0 aliphatic rings. The van der Waals surface area contributed by atoms with Gasteiger partial charge in [0.05, 0.1) is 0 Å². The second-order valence-electron chi connectivity index (χ2n) is 2.56. The molecule has 1 aromatic rings. The van der Waals surface area contributed by atoms with E-state index in [9.17, 15) is 4.79 Å². The summed E-state index contributed by atoms with van der Waals surface area (Å²) in [5.74, 6) is -0.281. The normalized spacial score (nSPS) is 9.67. The van der Waals surface area contributed by atoms with Crippen LogP contribution < -0.4 is 16.2 Å². The fourth-order valence-electron chi connectivity index (χ4n) is 0.834. The Bertz CT molecular complexity index is 379. The number of rotatable bonds is 4. The van der Waals surface area contributed by atoms with E-state index in [0.717, 1.165) is 6.08 Å². The highest BCUT2D eigenvalue weighted by Crippen LogP contribution is 2.05. The van der Waals surface area contributed by atoms with Gasteiger partial charge >= 0.3 is 12.0 Å². The molecule has 0 saturated heterocycles. The van der Waals surface area contributed by atoms with Crippen LogP contribution in [-0.2, 0) is 11.2 Å². The topological polar surface area (TPSA) is 117 Å². The van der Waals surface area contributed by atoms with Crippen LogP contribution in [0.5, 0.6) is 6.01 Å². The number of carbonyl (C=O) groups is 1. The first kappa shape index (κ1) is 11.1. The van der Waals surface area contributed by atoms with Crippen molar-refractivity contribution < 1.29 is 9.53 Å². The summed E-state index contributed by atoms with van der Waals surface area (Å²) in [6, 6.07) is -0.143. The van der Waals surface area contributed by atoms with E-state index in [2.05, 4.69) is 21.5 Å². The molecule has 0 amide bonds. The summed E-state index contributed by atoms with van der Waals surface area (Å²) in [7, 11) is 0. The van der Waals surface area contributed by atoms with Gasteiger partial charge in [0.15, 0.2) is 0 Å². The summed E-state index contributed by atoms with van der Waals surface area (Å²) in [6.07, 6.45) is 1.44. The number of nitrogens with two attached hydrogens (primary N) is 2. The summed E-state index contributed by atoms with van der Waals surface area (Å²) in [6.45, 7) is 3.61. The fraction of sp³-hybridized carbons (Fsp3) is 0.250. The molecule has 0 saturated carbocycles. The maximum Gasteiger partial charge on any atom is 0.337 e. The Morgan fingerprint density at radius 3 is 2.80 bits per heavy atom. The van der Waals surface area contributed by atoms with Crippen molar-refractivity contribution in [2.45, 2.75) is 6.42 Å². The maximum absolute atomic E-state index is 10.9. The highest BCUT2D eigenvalue weighted by molar-refractivity contribution is 5.82. The van der Waals surface area contributed by atoms with Crippen molar-refractivity contribution in [2.24, 2.45) is 5.73 Å². The Morgan fingerprint density at radius 2 is 2.20 bits per heavy atom. The first-order chi connectivity index (χ1) is 7.15. The van der Waals surface area contributed by atoms with Gasteiger partial charge in [-0.25, -0.2) is 4.79 Å². The summed E-state index contributed by atoms with van der Waals surface area (Å²) in [5.41, 5.74) is 10.7. The van der Waals surface area contributed by atoms with Crippen LogP contribution in [0.2, 0.25) is 0 Å². The quantitative estimate of drug-likeness (QED) is 0.484. The smallest absolute Gasteiger partial charge is 0.337 e. The van der Waals surface area contributed by atoms with E-state index in [1.54, 1.807) is 0 Å². The van der Waals surface area contributed by atoms with E-state index in [4.69, 9.17) is 16.2 Å². The van der Waals surface area contributed by atoms with Crippen LogP contribution in [0.3, 0.4) is 0 Å².